The Morgan fingerprint density at radius 1 is 1.13 bits per heavy atom. The van der Waals surface area contributed by atoms with E-state index in [4.69, 9.17) is 9.47 Å². The van der Waals surface area contributed by atoms with Crippen molar-refractivity contribution >= 4 is 22.6 Å². The van der Waals surface area contributed by atoms with Gasteiger partial charge in [-0.2, -0.15) is 0 Å². The zero-order valence-corrected chi connectivity index (χ0v) is 18.5. The van der Waals surface area contributed by atoms with Crippen molar-refractivity contribution in [3.8, 4) is 5.75 Å². The molecule has 3 aromatic carbocycles. The van der Waals surface area contributed by atoms with Crippen molar-refractivity contribution in [2.45, 2.75) is 45.8 Å². The lowest BCUT2D eigenvalue weighted by Gasteiger charge is -2.25. The van der Waals surface area contributed by atoms with E-state index in [0.29, 0.717) is 18.9 Å². The molecule has 0 unspecified atom stereocenters. The topological polar surface area (TPSA) is 59.0 Å². The Morgan fingerprint density at radius 2 is 1.87 bits per heavy atom. The SMILES string of the molecule is Cc1cccc2c(OCc3ccccc3)cc3c(c12)[C@H](CO)CN3C(=O)OC(C)(C)C. The normalized spacial score (nSPS) is 15.8. The Bertz CT molecular complexity index is 1100. The molecule has 1 amide bonds. The number of anilines is 1. The number of fused-ring (bicyclic) bond motifs is 3. The Kier molecular flexibility index (Phi) is 5.63. The maximum atomic E-state index is 13.0. The second-order valence-electron chi connectivity index (χ2n) is 9.05. The highest BCUT2D eigenvalue weighted by atomic mass is 16.6. The minimum absolute atomic E-state index is 0.0417. The molecule has 5 heteroatoms. The summed E-state index contributed by atoms with van der Waals surface area (Å²) in [7, 11) is 0. The minimum atomic E-state index is -0.603. The van der Waals surface area contributed by atoms with E-state index in [9.17, 15) is 9.90 Å². The molecule has 31 heavy (non-hydrogen) atoms. The number of hydrogen-bond acceptors (Lipinski definition) is 4. The molecule has 1 aliphatic rings. The molecule has 0 saturated heterocycles. The van der Waals surface area contributed by atoms with E-state index in [0.717, 1.165) is 33.2 Å². The third-order valence-corrected chi connectivity index (χ3v) is 5.52. The van der Waals surface area contributed by atoms with Crippen LogP contribution in [0.5, 0.6) is 5.75 Å². The van der Waals surface area contributed by atoms with E-state index in [-0.39, 0.29) is 12.5 Å². The number of nitrogens with zero attached hydrogens (tertiary/aromatic N) is 1. The summed E-state index contributed by atoms with van der Waals surface area (Å²) in [5.74, 6) is 0.544. The third-order valence-electron chi connectivity index (χ3n) is 5.52. The molecule has 0 radical (unpaired) electrons. The fraction of sp³-hybridized carbons (Fsp3) is 0.346. The van der Waals surface area contributed by atoms with E-state index in [2.05, 4.69) is 0 Å². The first-order valence-electron chi connectivity index (χ1n) is 10.6. The van der Waals surface area contributed by atoms with Crippen LogP contribution in [0.1, 0.15) is 43.4 Å². The van der Waals surface area contributed by atoms with Gasteiger partial charge in [0.25, 0.3) is 0 Å². The summed E-state index contributed by atoms with van der Waals surface area (Å²) in [4.78, 5) is 14.6. The second-order valence-corrected chi connectivity index (χ2v) is 9.05. The van der Waals surface area contributed by atoms with E-state index in [1.807, 2.05) is 82.3 Å². The Labute approximate surface area is 183 Å². The molecule has 0 aliphatic carbocycles. The summed E-state index contributed by atoms with van der Waals surface area (Å²) in [6.45, 7) is 8.37. The number of aliphatic hydroxyl groups is 1. The van der Waals surface area contributed by atoms with Crippen LogP contribution in [0.3, 0.4) is 0 Å². The number of hydrogen-bond donors (Lipinski definition) is 1. The average molecular weight is 420 g/mol. The number of ether oxygens (including phenoxy) is 2. The van der Waals surface area contributed by atoms with Crippen LogP contribution in [0.15, 0.2) is 54.6 Å². The molecule has 0 bridgehead atoms. The molecule has 1 aliphatic heterocycles. The molecule has 0 aromatic heterocycles. The van der Waals surface area contributed by atoms with Gasteiger partial charge in [-0.15, -0.1) is 0 Å². The standard InChI is InChI=1S/C26H29NO4/c1-17-9-8-12-20-22(30-16-18-10-6-5-7-11-18)13-21-24(23(17)20)19(15-28)14-27(21)25(29)31-26(2,3)4/h5-13,19,28H,14-16H2,1-4H3/t19-/m0/s1. The van der Waals surface area contributed by atoms with Crippen molar-refractivity contribution in [1.29, 1.82) is 0 Å². The highest BCUT2D eigenvalue weighted by Crippen LogP contribution is 2.46. The van der Waals surface area contributed by atoms with Crippen LogP contribution in [0, 0.1) is 6.92 Å². The molecule has 162 valence electrons. The number of benzene rings is 3. The summed E-state index contributed by atoms with van der Waals surface area (Å²) in [5, 5.41) is 12.1. The lowest BCUT2D eigenvalue weighted by atomic mass is 9.92. The molecule has 3 aromatic rings. The first-order valence-corrected chi connectivity index (χ1v) is 10.6. The maximum Gasteiger partial charge on any atom is 0.414 e. The van der Waals surface area contributed by atoms with Crippen molar-refractivity contribution in [3.05, 3.63) is 71.3 Å². The number of carbonyl (C=O) groups is 1. The molecule has 0 saturated carbocycles. The first-order chi connectivity index (χ1) is 14.8. The predicted octanol–water partition coefficient (Wildman–Crippen LogP) is 5.56. The highest BCUT2D eigenvalue weighted by Gasteiger charge is 2.37. The number of rotatable bonds is 4. The molecular weight excluding hydrogens is 390 g/mol. The average Bonchev–Trinajstić information content (AvgIpc) is 3.10. The highest BCUT2D eigenvalue weighted by molar-refractivity contribution is 6.03. The molecular formula is C26H29NO4. The summed E-state index contributed by atoms with van der Waals surface area (Å²) >= 11 is 0. The van der Waals surface area contributed by atoms with Gasteiger partial charge in [0.2, 0.25) is 0 Å². The monoisotopic (exact) mass is 419 g/mol. The van der Waals surface area contributed by atoms with Crippen LogP contribution in [0.25, 0.3) is 10.8 Å². The van der Waals surface area contributed by atoms with Crippen molar-refractivity contribution in [2.24, 2.45) is 0 Å². The molecule has 1 atom stereocenters. The number of aryl methyl sites for hydroxylation is 1. The van der Waals surface area contributed by atoms with Crippen LogP contribution in [0.2, 0.25) is 0 Å². The van der Waals surface area contributed by atoms with Crippen molar-refractivity contribution in [3.63, 3.8) is 0 Å². The molecule has 4 rings (SSSR count). The van der Waals surface area contributed by atoms with Gasteiger partial charge < -0.3 is 14.6 Å². The smallest absolute Gasteiger partial charge is 0.414 e. The fourth-order valence-electron chi connectivity index (χ4n) is 4.18. The van der Waals surface area contributed by atoms with Gasteiger partial charge in [-0.3, -0.25) is 4.90 Å². The van der Waals surface area contributed by atoms with Crippen molar-refractivity contribution in [2.75, 3.05) is 18.1 Å². The molecule has 0 fully saturated rings. The number of aliphatic hydroxyl groups excluding tert-OH is 1. The van der Waals surface area contributed by atoms with Gasteiger partial charge in [0.15, 0.2) is 0 Å². The van der Waals surface area contributed by atoms with E-state index in [1.54, 1.807) is 4.90 Å². The Hall–Kier alpha value is -3.05. The third kappa shape index (κ3) is 4.23. The van der Waals surface area contributed by atoms with E-state index < -0.39 is 11.7 Å². The molecule has 0 spiro atoms. The number of amides is 1. The first kappa shape index (κ1) is 21.2. The minimum Gasteiger partial charge on any atom is -0.488 e. The van der Waals surface area contributed by atoms with Crippen LogP contribution in [-0.2, 0) is 11.3 Å². The molecule has 1 heterocycles. The van der Waals surface area contributed by atoms with Crippen LogP contribution in [-0.4, -0.2) is 30.0 Å². The van der Waals surface area contributed by atoms with Gasteiger partial charge in [-0.05, 0) is 49.8 Å². The summed E-state index contributed by atoms with van der Waals surface area (Å²) < 4.78 is 11.9. The molecule has 1 N–H and O–H groups in total. The van der Waals surface area contributed by atoms with Gasteiger partial charge in [-0.1, -0.05) is 48.5 Å². The van der Waals surface area contributed by atoms with Crippen LogP contribution >= 0.6 is 0 Å². The van der Waals surface area contributed by atoms with Crippen LogP contribution < -0.4 is 9.64 Å². The van der Waals surface area contributed by atoms with Crippen molar-refractivity contribution in [1.82, 2.24) is 0 Å². The van der Waals surface area contributed by atoms with E-state index in [1.165, 1.54) is 0 Å². The predicted molar refractivity (Wildman–Crippen MR) is 123 cm³/mol. The molecule has 5 nitrogen and oxygen atoms in total. The van der Waals surface area contributed by atoms with Gasteiger partial charge in [-0.25, -0.2) is 4.79 Å². The lowest BCUT2D eigenvalue weighted by Crippen LogP contribution is -2.36. The van der Waals surface area contributed by atoms with Crippen LogP contribution in [0.4, 0.5) is 10.5 Å². The van der Waals surface area contributed by atoms with Gasteiger partial charge in [0.05, 0.1) is 12.3 Å². The summed E-state index contributed by atoms with van der Waals surface area (Å²) in [6, 6.07) is 18.0. The second kappa shape index (κ2) is 8.23. The quantitative estimate of drug-likeness (QED) is 0.602. The lowest BCUT2D eigenvalue weighted by molar-refractivity contribution is 0.0581. The fourth-order valence-corrected chi connectivity index (χ4v) is 4.18. The number of carbonyl (C=O) groups excluding carboxylic acids is 1. The Balaban J connectivity index is 1.82. The van der Waals surface area contributed by atoms with Gasteiger partial charge >= 0.3 is 6.09 Å². The van der Waals surface area contributed by atoms with Gasteiger partial charge in [0, 0.05) is 23.9 Å². The summed E-state index contributed by atoms with van der Waals surface area (Å²) in [5.41, 5.74) is 3.28. The van der Waals surface area contributed by atoms with Crippen molar-refractivity contribution < 1.29 is 19.4 Å². The zero-order chi connectivity index (χ0) is 22.2. The van der Waals surface area contributed by atoms with E-state index >= 15 is 0 Å². The largest absolute Gasteiger partial charge is 0.488 e. The van der Waals surface area contributed by atoms with Gasteiger partial charge in [0.1, 0.15) is 18.0 Å². The Morgan fingerprint density at radius 3 is 2.55 bits per heavy atom. The zero-order valence-electron chi connectivity index (χ0n) is 18.5. The maximum absolute atomic E-state index is 13.0. The summed E-state index contributed by atoms with van der Waals surface area (Å²) in [6.07, 6.45) is -0.411.